The standard InChI is InChI=1S/C13H17BrF2O/c1-2-3-4-5-8-17-9-10-12(15)7-6-11(14)13(10)16/h6-7H,2-5,8-9H2,1H3. The van der Waals surface area contributed by atoms with E-state index in [2.05, 4.69) is 22.9 Å². The fourth-order valence-corrected chi connectivity index (χ4v) is 1.88. The second-order valence-corrected chi connectivity index (χ2v) is 4.79. The highest BCUT2D eigenvalue weighted by molar-refractivity contribution is 9.10. The molecule has 0 heterocycles. The highest BCUT2D eigenvalue weighted by Gasteiger charge is 2.11. The Morgan fingerprint density at radius 1 is 1.18 bits per heavy atom. The summed E-state index contributed by atoms with van der Waals surface area (Å²) in [7, 11) is 0. The minimum absolute atomic E-state index is 0.00475. The summed E-state index contributed by atoms with van der Waals surface area (Å²) in [5, 5.41) is 0. The summed E-state index contributed by atoms with van der Waals surface area (Å²) in [6, 6.07) is 2.60. The zero-order chi connectivity index (χ0) is 12.7. The lowest BCUT2D eigenvalue weighted by Crippen LogP contribution is -2.01. The smallest absolute Gasteiger partial charge is 0.145 e. The van der Waals surface area contributed by atoms with Gasteiger partial charge in [-0.05, 0) is 34.5 Å². The average molecular weight is 307 g/mol. The monoisotopic (exact) mass is 306 g/mol. The summed E-state index contributed by atoms with van der Waals surface area (Å²) in [5.41, 5.74) is -0.00475. The molecule has 0 aliphatic rings. The van der Waals surface area contributed by atoms with Crippen molar-refractivity contribution in [3.63, 3.8) is 0 Å². The van der Waals surface area contributed by atoms with Crippen LogP contribution in [-0.4, -0.2) is 6.61 Å². The second-order valence-electron chi connectivity index (χ2n) is 3.93. The summed E-state index contributed by atoms with van der Waals surface area (Å²) < 4.78 is 32.4. The minimum atomic E-state index is -0.571. The van der Waals surface area contributed by atoms with Crippen LogP contribution in [0.2, 0.25) is 0 Å². The molecule has 0 aliphatic carbocycles. The molecule has 0 fully saturated rings. The van der Waals surface area contributed by atoms with Gasteiger partial charge in [-0.2, -0.15) is 0 Å². The number of ether oxygens (including phenoxy) is 1. The third-order valence-corrected chi connectivity index (χ3v) is 3.14. The molecule has 0 saturated heterocycles. The van der Waals surface area contributed by atoms with E-state index in [9.17, 15) is 8.78 Å². The van der Waals surface area contributed by atoms with E-state index in [1.54, 1.807) is 0 Å². The van der Waals surface area contributed by atoms with Gasteiger partial charge >= 0.3 is 0 Å². The Bertz CT molecular complexity index is 356. The summed E-state index contributed by atoms with van der Waals surface area (Å²) in [5.74, 6) is -1.13. The topological polar surface area (TPSA) is 9.23 Å². The SMILES string of the molecule is CCCCCCOCc1c(F)ccc(Br)c1F. The largest absolute Gasteiger partial charge is 0.377 e. The highest BCUT2D eigenvalue weighted by atomic mass is 79.9. The third-order valence-electron chi connectivity index (χ3n) is 2.53. The van der Waals surface area contributed by atoms with Gasteiger partial charge in [0.15, 0.2) is 0 Å². The van der Waals surface area contributed by atoms with Crippen LogP contribution in [0.3, 0.4) is 0 Å². The summed E-state index contributed by atoms with van der Waals surface area (Å²) in [6.45, 7) is 2.67. The van der Waals surface area contributed by atoms with Gasteiger partial charge in [0.2, 0.25) is 0 Å². The van der Waals surface area contributed by atoms with E-state index in [-0.39, 0.29) is 16.6 Å². The van der Waals surface area contributed by atoms with Crippen LogP contribution in [0.4, 0.5) is 8.78 Å². The number of hydrogen-bond acceptors (Lipinski definition) is 1. The zero-order valence-electron chi connectivity index (χ0n) is 9.94. The van der Waals surface area contributed by atoms with Crippen molar-refractivity contribution >= 4 is 15.9 Å². The number of halogens is 3. The molecule has 4 heteroatoms. The van der Waals surface area contributed by atoms with Gasteiger partial charge < -0.3 is 4.74 Å². The van der Waals surface area contributed by atoms with Crippen molar-refractivity contribution in [1.82, 2.24) is 0 Å². The van der Waals surface area contributed by atoms with Gasteiger partial charge in [0.1, 0.15) is 11.6 Å². The number of hydrogen-bond donors (Lipinski definition) is 0. The van der Waals surface area contributed by atoms with Crippen molar-refractivity contribution in [3.8, 4) is 0 Å². The van der Waals surface area contributed by atoms with Crippen LogP contribution < -0.4 is 0 Å². The maximum Gasteiger partial charge on any atom is 0.145 e. The Balaban J connectivity index is 2.39. The molecule has 0 spiro atoms. The molecule has 0 amide bonds. The Morgan fingerprint density at radius 3 is 2.65 bits per heavy atom. The van der Waals surface area contributed by atoms with Gasteiger partial charge in [0, 0.05) is 6.61 Å². The van der Waals surface area contributed by atoms with Crippen LogP contribution in [0.5, 0.6) is 0 Å². The van der Waals surface area contributed by atoms with Crippen molar-refractivity contribution in [3.05, 3.63) is 33.8 Å². The molecular weight excluding hydrogens is 290 g/mol. The van der Waals surface area contributed by atoms with Crippen LogP contribution in [0, 0.1) is 11.6 Å². The number of benzene rings is 1. The van der Waals surface area contributed by atoms with E-state index in [0.717, 1.165) is 19.3 Å². The van der Waals surface area contributed by atoms with Crippen LogP contribution in [0.15, 0.2) is 16.6 Å². The lowest BCUT2D eigenvalue weighted by atomic mass is 10.2. The number of unbranched alkanes of at least 4 members (excludes halogenated alkanes) is 3. The molecule has 0 saturated carbocycles. The van der Waals surface area contributed by atoms with Crippen LogP contribution in [-0.2, 0) is 11.3 Å². The molecule has 96 valence electrons. The second kappa shape index (κ2) is 7.77. The molecular formula is C13H17BrF2O. The normalized spacial score (nSPS) is 10.8. The Kier molecular flexibility index (Phi) is 6.66. The van der Waals surface area contributed by atoms with Gasteiger partial charge in [0.05, 0.1) is 16.6 Å². The van der Waals surface area contributed by atoms with Gasteiger partial charge in [-0.1, -0.05) is 26.2 Å². The van der Waals surface area contributed by atoms with Crippen molar-refractivity contribution in [1.29, 1.82) is 0 Å². The Hall–Kier alpha value is -0.480. The van der Waals surface area contributed by atoms with E-state index < -0.39 is 11.6 Å². The van der Waals surface area contributed by atoms with Gasteiger partial charge in [-0.3, -0.25) is 0 Å². The summed E-state index contributed by atoms with van der Waals surface area (Å²) >= 11 is 3.03. The van der Waals surface area contributed by atoms with Gasteiger partial charge in [-0.15, -0.1) is 0 Å². The predicted octanol–water partition coefficient (Wildman–Crippen LogP) is 4.82. The molecule has 17 heavy (non-hydrogen) atoms. The molecule has 0 radical (unpaired) electrons. The first-order chi connectivity index (χ1) is 8.16. The lowest BCUT2D eigenvalue weighted by Gasteiger charge is -2.07. The van der Waals surface area contributed by atoms with E-state index in [1.165, 1.54) is 18.6 Å². The molecule has 1 aromatic carbocycles. The van der Waals surface area contributed by atoms with Crippen molar-refractivity contribution in [2.75, 3.05) is 6.61 Å². The molecule has 1 rings (SSSR count). The lowest BCUT2D eigenvalue weighted by molar-refractivity contribution is 0.112. The number of rotatable bonds is 7. The molecule has 1 nitrogen and oxygen atoms in total. The maximum atomic E-state index is 13.5. The third kappa shape index (κ3) is 4.72. The Labute approximate surface area is 109 Å². The van der Waals surface area contributed by atoms with Crippen molar-refractivity contribution in [2.45, 2.75) is 39.2 Å². The van der Waals surface area contributed by atoms with Crippen molar-refractivity contribution in [2.24, 2.45) is 0 Å². The molecule has 0 aliphatic heterocycles. The quantitative estimate of drug-likeness (QED) is 0.518. The van der Waals surface area contributed by atoms with Crippen LogP contribution in [0.25, 0.3) is 0 Å². The van der Waals surface area contributed by atoms with Gasteiger partial charge in [-0.25, -0.2) is 8.78 Å². The van der Waals surface area contributed by atoms with Crippen LogP contribution >= 0.6 is 15.9 Å². The van der Waals surface area contributed by atoms with E-state index in [4.69, 9.17) is 4.74 Å². The highest BCUT2D eigenvalue weighted by Crippen LogP contribution is 2.22. The van der Waals surface area contributed by atoms with E-state index >= 15 is 0 Å². The average Bonchev–Trinajstić information content (AvgIpc) is 2.32. The van der Waals surface area contributed by atoms with Crippen molar-refractivity contribution < 1.29 is 13.5 Å². The first kappa shape index (κ1) is 14.6. The molecule has 0 N–H and O–H groups in total. The first-order valence-electron chi connectivity index (χ1n) is 5.87. The van der Waals surface area contributed by atoms with E-state index in [0.29, 0.717) is 6.61 Å². The molecule has 0 bridgehead atoms. The van der Waals surface area contributed by atoms with E-state index in [1.807, 2.05) is 0 Å². The summed E-state index contributed by atoms with van der Waals surface area (Å²) in [4.78, 5) is 0. The first-order valence-corrected chi connectivity index (χ1v) is 6.66. The van der Waals surface area contributed by atoms with Crippen LogP contribution in [0.1, 0.15) is 38.2 Å². The maximum absolute atomic E-state index is 13.5. The molecule has 0 unspecified atom stereocenters. The Morgan fingerprint density at radius 2 is 1.94 bits per heavy atom. The fourth-order valence-electron chi connectivity index (χ4n) is 1.51. The fraction of sp³-hybridized carbons (Fsp3) is 0.538. The van der Waals surface area contributed by atoms with Gasteiger partial charge in [0.25, 0.3) is 0 Å². The molecule has 0 aromatic heterocycles. The molecule has 0 atom stereocenters. The zero-order valence-corrected chi connectivity index (χ0v) is 11.5. The minimum Gasteiger partial charge on any atom is -0.377 e. The summed E-state index contributed by atoms with van der Waals surface area (Å²) in [6.07, 6.45) is 4.36. The predicted molar refractivity (Wildman–Crippen MR) is 67.9 cm³/mol. The molecule has 1 aromatic rings.